The van der Waals surface area contributed by atoms with Gasteiger partial charge in [0.05, 0.1) is 23.6 Å². The van der Waals surface area contributed by atoms with Crippen LogP contribution < -0.4 is 4.72 Å². The van der Waals surface area contributed by atoms with E-state index in [1.165, 1.54) is 25.4 Å². The molecular formula is C17H12F2N4O3S. The Morgan fingerprint density at radius 1 is 1.37 bits per heavy atom. The minimum atomic E-state index is -3.82. The summed E-state index contributed by atoms with van der Waals surface area (Å²) in [6, 6.07) is 3.09. The molecule has 0 fully saturated rings. The fraction of sp³-hybridized carbons (Fsp3) is 0.118. The lowest BCUT2D eigenvalue weighted by Gasteiger charge is -2.11. The van der Waals surface area contributed by atoms with E-state index in [0.717, 1.165) is 12.1 Å². The molecule has 0 aliphatic rings. The zero-order chi connectivity index (χ0) is 19.8. The van der Waals surface area contributed by atoms with Crippen molar-refractivity contribution in [2.24, 2.45) is 0 Å². The second kappa shape index (κ2) is 6.77. The van der Waals surface area contributed by atoms with Crippen molar-refractivity contribution in [1.82, 2.24) is 9.97 Å². The Kier molecular flexibility index (Phi) is 4.63. The van der Waals surface area contributed by atoms with Crippen molar-refractivity contribution >= 4 is 38.2 Å². The largest absolute Gasteiger partial charge is 0.345 e. The lowest BCUT2D eigenvalue weighted by Crippen LogP contribution is -2.17. The molecule has 0 spiro atoms. The number of pyridine rings is 1. The Morgan fingerprint density at radius 2 is 2.11 bits per heavy atom. The lowest BCUT2D eigenvalue weighted by molar-refractivity contribution is 0.103. The first-order chi connectivity index (χ1) is 12.8. The average molecular weight is 390 g/mol. The van der Waals surface area contributed by atoms with Crippen LogP contribution in [0.25, 0.3) is 15.9 Å². The van der Waals surface area contributed by atoms with Gasteiger partial charge in [-0.1, -0.05) is 0 Å². The standard InChI is InChI=1S/C17H12F2N4O3S/c1-3-27(25,26)23-13-5-4-12(18)14(15(13)19)16(24)11-8-22-17-10(11)6-9(20-2)7-21-17/h4-8,23H,3H2,1H3,(H,21,22). The number of anilines is 1. The summed E-state index contributed by atoms with van der Waals surface area (Å²) in [5.74, 6) is -3.78. The van der Waals surface area contributed by atoms with E-state index in [-0.39, 0.29) is 28.0 Å². The molecule has 0 radical (unpaired) electrons. The summed E-state index contributed by atoms with van der Waals surface area (Å²) in [7, 11) is -3.82. The summed E-state index contributed by atoms with van der Waals surface area (Å²) in [6.07, 6.45) is 2.52. The number of rotatable bonds is 5. The Morgan fingerprint density at radius 3 is 2.78 bits per heavy atom. The number of sulfonamides is 1. The van der Waals surface area contributed by atoms with Gasteiger partial charge in [0.2, 0.25) is 21.5 Å². The predicted octanol–water partition coefficient (Wildman–Crippen LogP) is 3.38. The number of ketones is 1. The van der Waals surface area contributed by atoms with Gasteiger partial charge in [-0.05, 0) is 25.1 Å². The maximum Gasteiger partial charge on any atom is 0.232 e. The van der Waals surface area contributed by atoms with Crippen LogP contribution in [-0.4, -0.2) is 29.9 Å². The summed E-state index contributed by atoms with van der Waals surface area (Å²) in [5.41, 5.74) is -1.09. The number of hydrogen-bond acceptors (Lipinski definition) is 4. The second-order valence-electron chi connectivity index (χ2n) is 5.52. The van der Waals surface area contributed by atoms with Crippen LogP contribution in [0.4, 0.5) is 20.2 Å². The van der Waals surface area contributed by atoms with E-state index < -0.39 is 38.7 Å². The molecule has 0 bridgehead atoms. The molecule has 0 saturated heterocycles. The van der Waals surface area contributed by atoms with Crippen molar-refractivity contribution in [2.45, 2.75) is 6.92 Å². The van der Waals surface area contributed by atoms with Crippen LogP contribution in [0.3, 0.4) is 0 Å². The summed E-state index contributed by atoms with van der Waals surface area (Å²) < 4.78 is 54.3. The van der Waals surface area contributed by atoms with Gasteiger partial charge in [-0.3, -0.25) is 14.5 Å². The number of carbonyl (C=O) groups is 1. The van der Waals surface area contributed by atoms with E-state index >= 15 is 0 Å². The molecule has 27 heavy (non-hydrogen) atoms. The van der Waals surface area contributed by atoms with E-state index in [0.29, 0.717) is 0 Å². The van der Waals surface area contributed by atoms with Gasteiger partial charge in [-0.25, -0.2) is 22.0 Å². The number of H-pyrrole nitrogens is 1. The number of halogens is 2. The Bertz CT molecular complexity index is 1210. The van der Waals surface area contributed by atoms with E-state index in [9.17, 15) is 22.0 Å². The maximum absolute atomic E-state index is 14.7. The highest BCUT2D eigenvalue weighted by Gasteiger charge is 2.25. The van der Waals surface area contributed by atoms with Gasteiger partial charge in [0.15, 0.2) is 5.82 Å². The third kappa shape index (κ3) is 3.37. The van der Waals surface area contributed by atoms with E-state index in [1.54, 1.807) is 0 Å². The normalized spacial score (nSPS) is 11.3. The first-order valence-corrected chi connectivity index (χ1v) is 9.30. The number of nitrogens with one attached hydrogen (secondary N) is 2. The second-order valence-corrected chi connectivity index (χ2v) is 7.53. The van der Waals surface area contributed by atoms with Crippen molar-refractivity contribution < 1.29 is 22.0 Å². The first-order valence-electron chi connectivity index (χ1n) is 7.65. The van der Waals surface area contributed by atoms with Crippen molar-refractivity contribution in [3.63, 3.8) is 0 Å². The molecule has 7 nitrogen and oxygen atoms in total. The van der Waals surface area contributed by atoms with Crippen LogP contribution in [0.5, 0.6) is 0 Å². The van der Waals surface area contributed by atoms with Gasteiger partial charge < -0.3 is 4.98 Å². The molecule has 3 aromatic rings. The third-order valence-corrected chi connectivity index (χ3v) is 5.15. The summed E-state index contributed by atoms with van der Waals surface area (Å²) in [6.45, 7) is 8.37. The zero-order valence-corrected chi connectivity index (χ0v) is 14.7. The highest BCUT2D eigenvalue weighted by Crippen LogP contribution is 2.28. The number of hydrogen-bond donors (Lipinski definition) is 2. The van der Waals surface area contributed by atoms with E-state index in [2.05, 4.69) is 14.8 Å². The van der Waals surface area contributed by atoms with E-state index in [1.807, 2.05) is 4.72 Å². The van der Waals surface area contributed by atoms with Crippen molar-refractivity contribution in [3.8, 4) is 0 Å². The Labute approximate surface area is 152 Å². The van der Waals surface area contributed by atoms with Gasteiger partial charge in [0.25, 0.3) is 0 Å². The highest BCUT2D eigenvalue weighted by molar-refractivity contribution is 7.92. The van der Waals surface area contributed by atoms with Crippen molar-refractivity contribution in [1.29, 1.82) is 0 Å². The quantitative estimate of drug-likeness (QED) is 0.516. The molecule has 0 aliphatic carbocycles. The number of nitrogens with zero attached hydrogens (tertiary/aromatic N) is 2. The number of carbonyl (C=O) groups excluding carboxylic acids is 1. The van der Waals surface area contributed by atoms with Crippen molar-refractivity contribution in [2.75, 3.05) is 10.5 Å². The average Bonchev–Trinajstić information content (AvgIpc) is 3.07. The van der Waals surface area contributed by atoms with Gasteiger partial charge in [-0.2, -0.15) is 0 Å². The molecule has 2 heterocycles. The minimum Gasteiger partial charge on any atom is -0.345 e. The van der Waals surface area contributed by atoms with E-state index in [4.69, 9.17) is 6.57 Å². The zero-order valence-electron chi connectivity index (χ0n) is 13.9. The van der Waals surface area contributed by atoms with Gasteiger partial charge in [0.1, 0.15) is 11.5 Å². The lowest BCUT2D eigenvalue weighted by atomic mass is 10.0. The summed E-state index contributed by atoms with van der Waals surface area (Å²) >= 11 is 0. The first kappa shape index (κ1) is 18.5. The van der Waals surface area contributed by atoms with Crippen LogP contribution in [-0.2, 0) is 10.0 Å². The third-order valence-electron chi connectivity index (χ3n) is 3.85. The van der Waals surface area contributed by atoms with Crippen LogP contribution in [0, 0.1) is 18.2 Å². The molecule has 2 N–H and O–H groups in total. The van der Waals surface area contributed by atoms with Gasteiger partial charge in [-0.15, -0.1) is 0 Å². The van der Waals surface area contributed by atoms with Crippen LogP contribution in [0.1, 0.15) is 22.8 Å². The molecule has 0 unspecified atom stereocenters. The fourth-order valence-electron chi connectivity index (χ4n) is 2.46. The molecule has 1 aromatic carbocycles. The van der Waals surface area contributed by atoms with Crippen LogP contribution >= 0.6 is 0 Å². The Hall–Kier alpha value is -3.32. The predicted molar refractivity (Wildman–Crippen MR) is 95.2 cm³/mol. The SMILES string of the molecule is [C-]#[N+]c1cnc2[nH]cc(C(=O)c3c(F)ccc(NS(=O)(=O)CC)c3F)c2c1. The summed E-state index contributed by atoms with van der Waals surface area (Å²) in [5, 5.41) is 0.229. The smallest absolute Gasteiger partial charge is 0.232 e. The van der Waals surface area contributed by atoms with Crippen LogP contribution in [0.2, 0.25) is 0 Å². The monoisotopic (exact) mass is 390 g/mol. The molecule has 0 amide bonds. The number of aromatic nitrogens is 2. The Balaban J connectivity index is 2.14. The number of fused-ring (bicyclic) bond motifs is 1. The number of aromatic amines is 1. The molecule has 10 heteroatoms. The van der Waals surface area contributed by atoms with Crippen LogP contribution in [0.15, 0.2) is 30.6 Å². The highest BCUT2D eigenvalue weighted by atomic mass is 32.2. The molecule has 0 aliphatic heterocycles. The number of benzene rings is 1. The topological polar surface area (TPSA) is 96.3 Å². The molecule has 0 atom stereocenters. The minimum absolute atomic E-state index is 0.0868. The molecule has 2 aromatic heterocycles. The maximum atomic E-state index is 14.7. The van der Waals surface area contributed by atoms with Gasteiger partial charge >= 0.3 is 0 Å². The van der Waals surface area contributed by atoms with Gasteiger partial charge in [0, 0.05) is 23.3 Å². The molecular weight excluding hydrogens is 378 g/mol. The molecule has 138 valence electrons. The fourth-order valence-corrected chi connectivity index (χ4v) is 3.09. The summed E-state index contributed by atoms with van der Waals surface area (Å²) in [4.78, 5) is 22.6. The molecule has 0 saturated carbocycles. The molecule has 3 rings (SSSR count). The van der Waals surface area contributed by atoms with Crippen molar-refractivity contribution in [3.05, 3.63) is 64.8 Å².